The zero-order valence-electron chi connectivity index (χ0n) is 20.5. The van der Waals surface area contributed by atoms with Gasteiger partial charge in [0.05, 0.1) is 16.3 Å². The van der Waals surface area contributed by atoms with Crippen molar-refractivity contribution in [3.8, 4) is 11.3 Å². The number of carbonyl (C=O) groups excluding carboxylic acids is 1. The molecule has 0 radical (unpaired) electrons. The summed E-state index contributed by atoms with van der Waals surface area (Å²) in [4.78, 5) is 15.8. The normalized spacial score (nSPS) is 14.6. The third-order valence-electron chi connectivity index (χ3n) is 6.41. The average molecular weight is 497 g/mol. The van der Waals surface area contributed by atoms with Crippen molar-refractivity contribution in [2.24, 2.45) is 0 Å². The number of hydrogen-bond acceptors (Lipinski definition) is 6. The third-order valence-corrected chi connectivity index (χ3v) is 8.30. The highest BCUT2D eigenvalue weighted by Gasteiger charge is 2.28. The van der Waals surface area contributed by atoms with Gasteiger partial charge in [-0.25, -0.2) is 8.42 Å². The van der Waals surface area contributed by atoms with Crippen LogP contribution in [0, 0.1) is 6.92 Å². The maximum atomic E-state index is 13.5. The number of amides is 1. The molecule has 1 aliphatic heterocycles. The second kappa shape index (κ2) is 10.6. The number of hydrogen-bond donors (Lipinski definition) is 1. The van der Waals surface area contributed by atoms with Gasteiger partial charge in [-0.1, -0.05) is 41.9 Å². The van der Waals surface area contributed by atoms with Crippen molar-refractivity contribution in [3.05, 3.63) is 59.9 Å². The fourth-order valence-electron chi connectivity index (χ4n) is 4.49. The summed E-state index contributed by atoms with van der Waals surface area (Å²) in [6, 6.07) is 14.3. The minimum Gasteiger partial charge on any atom is -0.370 e. The Morgan fingerprint density at radius 2 is 1.74 bits per heavy atom. The fraction of sp³-hybridized carbons (Fsp3) is 0.385. The van der Waals surface area contributed by atoms with E-state index in [0.717, 1.165) is 30.5 Å². The monoisotopic (exact) mass is 496 g/mol. The van der Waals surface area contributed by atoms with Gasteiger partial charge in [0.25, 0.3) is 5.91 Å². The van der Waals surface area contributed by atoms with Crippen LogP contribution in [0.25, 0.3) is 11.3 Å². The molecular formula is C26H32N4O4S. The zero-order chi connectivity index (χ0) is 25.0. The molecular weight excluding hydrogens is 464 g/mol. The lowest BCUT2D eigenvalue weighted by Crippen LogP contribution is -2.35. The predicted octanol–water partition coefficient (Wildman–Crippen LogP) is 4.92. The predicted molar refractivity (Wildman–Crippen MR) is 137 cm³/mol. The summed E-state index contributed by atoms with van der Waals surface area (Å²) >= 11 is 0. The van der Waals surface area contributed by atoms with Gasteiger partial charge in [-0.05, 0) is 51.8 Å². The molecule has 0 aliphatic carbocycles. The van der Waals surface area contributed by atoms with Crippen molar-refractivity contribution in [2.45, 2.75) is 44.9 Å². The van der Waals surface area contributed by atoms with Gasteiger partial charge in [-0.2, -0.15) is 4.31 Å². The Labute approximate surface area is 207 Å². The number of nitrogens with zero attached hydrogens (tertiary/aromatic N) is 3. The van der Waals surface area contributed by atoms with Gasteiger partial charge in [0.1, 0.15) is 17.0 Å². The number of anilines is 2. The van der Waals surface area contributed by atoms with E-state index in [1.54, 1.807) is 25.1 Å². The molecule has 8 nitrogen and oxygen atoms in total. The molecule has 4 rings (SSSR count). The van der Waals surface area contributed by atoms with E-state index in [4.69, 9.17) is 4.52 Å². The van der Waals surface area contributed by atoms with Crippen LogP contribution in [0.5, 0.6) is 0 Å². The highest BCUT2D eigenvalue weighted by atomic mass is 32.2. The molecule has 2 heterocycles. The number of rotatable bonds is 8. The Balaban J connectivity index is 1.74. The van der Waals surface area contributed by atoms with E-state index in [1.807, 2.05) is 44.2 Å². The SMILES string of the molecule is CCN(CC)c1ccc(S(=O)(=O)N2CCCCC2)cc1NC(=O)c1c(-c2ccccc2)noc1C. The fourth-order valence-corrected chi connectivity index (χ4v) is 6.03. The smallest absolute Gasteiger partial charge is 0.261 e. The second-order valence-electron chi connectivity index (χ2n) is 8.60. The zero-order valence-corrected chi connectivity index (χ0v) is 21.3. The van der Waals surface area contributed by atoms with Gasteiger partial charge in [-0.15, -0.1) is 0 Å². The van der Waals surface area contributed by atoms with Crippen molar-refractivity contribution in [1.82, 2.24) is 9.46 Å². The van der Waals surface area contributed by atoms with Crippen molar-refractivity contribution >= 4 is 27.3 Å². The minimum absolute atomic E-state index is 0.177. The van der Waals surface area contributed by atoms with Crippen LogP contribution >= 0.6 is 0 Å². The van der Waals surface area contributed by atoms with Crippen molar-refractivity contribution in [1.29, 1.82) is 0 Å². The Bertz CT molecular complexity index is 1280. The van der Waals surface area contributed by atoms with Crippen LogP contribution in [0.15, 0.2) is 57.9 Å². The quantitative estimate of drug-likeness (QED) is 0.475. The molecule has 9 heteroatoms. The van der Waals surface area contributed by atoms with Crippen molar-refractivity contribution < 1.29 is 17.7 Å². The first-order valence-electron chi connectivity index (χ1n) is 12.1. The van der Waals surface area contributed by atoms with Crippen LogP contribution in [-0.4, -0.2) is 50.0 Å². The third kappa shape index (κ3) is 5.11. The average Bonchev–Trinajstić information content (AvgIpc) is 3.28. The molecule has 186 valence electrons. The number of carbonyl (C=O) groups is 1. The summed E-state index contributed by atoms with van der Waals surface area (Å²) in [6.07, 6.45) is 2.75. The number of sulfonamides is 1. The lowest BCUT2D eigenvalue weighted by atomic mass is 10.1. The Hall–Kier alpha value is -3.17. The molecule has 35 heavy (non-hydrogen) atoms. The van der Waals surface area contributed by atoms with Gasteiger partial charge in [0.2, 0.25) is 10.0 Å². The first-order valence-corrected chi connectivity index (χ1v) is 13.5. The lowest BCUT2D eigenvalue weighted by molar-refractivity contribution is 0.102. The summed E-state index contributed by atoms with van der Waals surface area (Å²) in [5, 5.41) is 7.07. The standard InChI is InChI=1S/C26H32N4O4S/c1-4-29(5-2)23-15-14-21(35(32,33)30-16-10-7-11-17-30)18-22(23)27-26(31)24-19(3)34-28-25(24)20-12-8-6-9-13-20/h6,8-9,12-15,18H,4-5,7,10-11,16-17H2,1-3H3,(H,27,31). The van der Waals surface area contributed by atoms with E-state index >= 15 is 0 Å². The van der Waals surface area contributed by atoms with Gasteiger partial charge in [-0.3, -0.25) is 4.79 Å². The Morgan fingerprint density at radius 1 is 1.06 bits per heavy atom. The molecule has 0 unspecified atom stereocenters. The molecule has 2 aromatic carbocycles. The van der Waals surface area contributed by atoms with Gasteiger partial charge >= 0.3 is 0 Å². The van der Waals surface area contributed by atoms with Gasteiger partial charge in [0.15, 0.2) is 0 Å². The highest BCUT2D eigenvalue weighted by Crippen LogP contribution is 2.33. The lowest BCUT2D eigenvalue weighted by Gasteiger charge is -2.28. The first-order chi connectivity index (χ1) is 16.9. The van der Waals surface area contributed by atoms with E-state index in [2.05, 4.69) is 15.4 Å². The molecule has 0 bridgehead atoms. The number of aromatic nitrogens is 1. The van der Waals surface area contributed by atoms with E-state index in [9.17, 15) is 13.2 Å². The van der Waals surface area contributed by atoms with E-state index < -0.39 is 15.9 Å². The summed E-state index contributed by atoms with van der Waals surface area (Å²) < 4.78 is 33.6. The molecule has 1 aliphatic rings. The Kier molecular flexibility index (Phi) is 7.57. The molecule has 0 spiro atoms. The molecule has 1 aromatic heterocycles. The first kappa shape index (κ1) is 24.9. The summed E-state index contributed by atoms with van der Waals surface area (Å²) in [5.41, 5.74) is 2.74. The maximum absolute atomic E-state index is 13.5. The molecule has 0 atom stereocenters. The molecule has 0 saturated carbocycles. The van der Waals surface area contributed by atoms with E-state index in [0.29, 0.717) is 48.9 Å². The van der Waals surface area contributed by atoms with Crippen LogP contribution in [0.4, 0.5) is 11.4 Å². The number of benzene rings is 2. The molecule has 3 aromatic rings. The Morgan fingerprint density at radius 3 is 2.40 bits per heavy atom. The van der Waals surface area contributed by atoms with E-state index in [-0.39, 0.29) is 4.90 Å². The maximum Gasteiger partial charge on any atom is 0.261 e. The van der Waals surface area contributed by atoms with Crippen LogP contribution in [0.3, 0.4) is 0 Å². The molecule has 1 fully saturated rings. The number of piperidine rings is 1. The largest absolute Gasteiger partial charge is 0.370 e. The molecule has 1 amide bonds. The van der Waals surface area contributed by atoms with Gasteiger partial charge in [0, 0.05) is 31.7 Å². The number of nitrogens with one attached hydrogen (secondary N) is 1. The summed E-state index contributed by atoms with van der Waals surface area (Å²) in [5.74, 6) is -0.00800. The van der Waals surface area contributed by atoms with Crippen LogP contribution in [0.2, 0.25) is 0 Å². The van der Waals surface area contributed by atoms with Gasteiger partial charge < -0.3 is 14.7 Å². The summed E-state index contributed by atoms with van der Waals surface area (Å²) in [7, 11) is -3.66. The highest BCUT2D eigenvalue weighted by molar-refractivity contribution is 7.89. The molecule has 1 N–H and O–H groups in total. The van der Waals surface area contributed by atoms with Crippen LogP contribution < -0.4 is 10.2 Å². The second-order valence-corrected chi connectivity index (χ2v) is 10.5. The van der Waals surface area contributed by atoms with Crippen molar-refractivity contribution in [3.63, 3.8) is 0 Å². The van der Waals surface area contributed by atoms with E-state index in [1.165, 1.54) is 4.31 Å². The minimum atomic E-state index is -3.66. The van der Waals surface area contributed by atoms with Crippen LogP contribution in [0.1, 0.15) is 49.2 Å². The molecule has 1 saturated heterocycles. The summed E-state index contributed by atoms with van der Waals surface area (Å²) in [6.45, 7) is 8.18. The van der Waals surface area contributed by atoms with Crippen LogP contribution in [-0.2, 0) is 10.0 Å². The number of aryl methyl sites for hydroxylation is 1. The topological polar surface area (TPSA) is 95.8 Å². The van der Waals surface area contributed by atoms with Crippen molar-refractivity contribution in [2.75, 3.05) is 36.4 Å².